The third-order valence-electron chi connectivity index (χ3n) is 5.02. The highest BCUT2D eigenvalue weighted by atomic mass is 35.5. The fourth-order valence-electron chi connectivity index (χ4n) is 3.52. The summed E-state index contributed by atoms with van der Waals surface area (Å²) < 4.78 is 5.30. The number of imide groups is 1. The number of nitro benzene ring substituents is 1. The number of amides is 2. The van der Waals surface area contributed by atoms with Gasteiger partial charge in [0.25, 0.3) is 17.5 Å². The van der Waals surface area contributed by atoms with Crippen molar-refractivity contribution in [1.82, 2.24) is 4.98 Å². The minimum atomic E-state index is -0.654. The molecule has 0 aliphatic carbocycles. The van der Waals surface area contributed by atoms with E-state index in [4.69, 9.17) is 16.0 Å². The minimum Gasteiger partial charge on any atom is -0.403 e. The van der Waals surface area contributed by atoms with Gasteiger partial charge in [0.05, 0.1) is 32.6 Å². The van der Waals surface area contributed by atoms with Crippen LogP contribution in [0.15, 0.2) is 69.9 Å². The van der Waals surface area contributed by atoms with E-state index in [1.54, 1.807) is 6.07 Å². The van der Waals surface area contributed by atoms with Crippen LogP contribution >= 0.6 is 11.6 Å². The van der Waals surface area contributed by atoms with Crippen LogP contribution in [0.25, 0.3) is 22.4 Å². The number of fused-ring (bicyclic) bond motifs is 2. The van der Waals surface area contributed by atoms with Gasteiger partial charge in [-0.2, -0.15) is 0 Å². The van der Waals surface area contributed by atoms with E-state index in [2.05, 4.69) is 4.98 Å². The molecule has 0 atom stereocenters. The van der Waals surface area contributed by atoms with Crippen LogP contribution in [-0.2, 0) is 0 Å². The molecular formula is C22H10ClN3O6. The van der Waals surface area contributed by atoms with Gasteiger partial charge >= 0.3 is 5.63 Å². The maximum atomic E-state index is 13.0. The zero-order valence-electron chi connectivity index (χ0n) is 15.9. The zero-order valence-corrected chi connectivity index (χ0v) is 16.7. The topological polar surface area (TPSA) is 124 Å². The molecular weight excluding hydrogens is 438 g/mol. The number of aromatic nitrogens is 1. The van der Waals surface area contributed by atoms with E-state index in [0.717, 1.165) is 11.0 Å². The molecule has 0 saturated carbocycles. The number of non-ortho nitro benzene ring substituents is 1. The fourth-order valence-corrected chi connectivity index (χ4v) is 3.69. The molecule has 1 aromatic heterocycles. The van der Waals surface area contributed by atoms with Crippen molar-refractivity contribution < 1.29 is 18.9 Å². The van der Waals surface area contributed by atoms with Crippen LogP contribution in [0.4, 0.5) is 11.4 Å². The molecule has 32 heavy (non-hydrogen) atoms. The average molecular weight is 448 g/mol. The molecule has 0 radical (unpaired) electrons. The Labute approximate surface area is 183 Å². The highest BCUT2D eigenvalue weighted by Crippen LogP contribution is 2.33. The van der Waals surface area contributed by atoms with E-state index in [-0.39, 0.29) is 33.8 Å². The van der Waals surface area contributed by atoms with E-state index in [1.165, 1.54) is 48.5 Å². The molecule has 156 valence electrons. The van der Waals surface area contributed by atoms with Gasteiger partial charge in [0, 0.05) is 22.7 Å². The summed E-state index contributed by atoms with van der Waals surface area (Å²) >= 11 is 5.98. The lowest BCUT2D eigenvalue weighted by molar-refractivity contribution is -0.384. The molecule has 1 aliphatic rings. The maximum absolute atomic E-state index is 13.0. The average Bonchev–Trinajstić information content (AvgIpc) is 3.03. The first-order valence-electron chi connectivity index (χ1n) is 9.21. The van der Waals surface area contributed by atoms with Gasteiger partial charge in [-0.25, -0.2) is 14.7 Å². The van der Waals surface area contributed by atoms with Gasteiger partial charge in [0.1, 0.15) is 0 Å². The third-order valence-corrected chi connectivity index (χ3v) is 5.26. The van der Waals surface area contributed by atoms with Crippen LogP contribution in [-0.4, -0.2) is 21.7 Å². The Bertz CT molecular complexity index is 1540. The van der Waals surface area contributed by atoms with Crippen molar-refractivity contribution in [3.05, 3.63) is 97.3 Å². The number of carbonyl (C=O) groups excluding carboxylic acids is 2. The minimum absolute atomic E-state index is 0.0402. The first-order chi connectivity index (χ1) is 15.3. The Morgan fingerprint density at radius 3 is 2.50 bits per heavy atom. The van der Waals surface area contributed by atoms with Gasteiger partial charge in [-0.05, 0) is 42.5 Å². The van der Waals surface area contributed by atoms with Crippen LogP contribution in [0.2, 0.25) is 5.02 Å². The second-order valence-electron chi connectivity index (χ2n) is 6.95. The van der Waals surface area contributed by atoms with Crippen molar-refractivity contribution in [2.45, 2.75) is 0 Å². The second-order valence-corrected chi connectivity index (χ2v) is 7.39. The highest BCUT2D eigenvalue weighted by Gasteiger charge is 2.37. The number of hydrogen-bond donors (Lipinski definition) is 0. The molecule has 0 unspecified atom stereocenters. The fraction of sp³-hybridized carbons (Fsp3) is 0. The molecule has 2 amide bonds. The molecule has 5 rings (SSSR count). The normalized spacial score (nSPS) is 13.0. The zero-order chi connectivity index (χ0) is 22.6. The summed E-state index contributed by atoms with van der Waals surface area (Å²) in [4.78, 5) is 53.8. The van der Waals surface area contributed by atoms with Crippen molar-refractivity contribution >= 4 is 45.7 Å². The van der Waals surface area contributed by atoms with Crippen LogP contribution in [0, 0.1) is 10.1 Å². The lowest BCUT2D eigenvalue weighted by atomic mass is 10.1. The van der Waals surface area contributed by atoms with Crippen LogP contribution < -0.4 is 10.5 Å². The van der Waals surface area contributed by atoms with E-state index in [1.807, 2.05) is 0 Å². The molecule has 3 aromatic carbocycles. The van der Waals surface area contributed by atoms with Crippen molar-refractivity contribution in [2.24, 2.45) is 0 Å². The Hall–Kier alpha value is -4.37. The van der Waals surface area contributed by atoms with Crippen LogP contribution in [0.3, 0.4) is 0 Å². The van der Waals surface area contributed by atoms with Crippen molar-refractivity contribution in [3.63, 3.8) is 0 Å². The lowest BCUT2D eigenvalue weighted by Crippen LogP contribution is -2.29. The Kier molecular flexibility index (Phi) is 4.35. The first kappa shape index (κ1) is 19.6. The maximum Gasteiger partial charge on any atom is 0.347 e. The summed E-state index contributed by atoms with van der Waals surface area (Å²) in [6.07, 6.45) is 0. The molecule has 2 heterocycles. The van der Waals surface area contributed by atoms with E-state index >= 15 is 0 Å². The quantitative estimate of drug-likeness (QED) is 0.261. The summed E-state index contributed by atoms with van der Waals surface area (Å²) in [6, 6.07) is 14.1. The van der Waals surface area contributed by atoms with Crippen molar-refractivity contribution in [3.8, 4) is 11.5 Å². The Morgan fingerprint density at radius 1 is 0.938 bits per heavy atom. The van der Waals surface area contributed by atoms with Gasteiger partial charge < -0.3 is 4.42 Å². The summed E-state index contributed by atoms with van der Waals surface area (Å²) in [5, 5.41) is 11.7. The molecule has 0 bridgehead atoms. The molecule has 10 heteroatoms. The third kappa shape index (κ3) is 3.03. The number of anilines is 1. The number of hydrogen-bond acceptors (Lipinski definition) is 7. The number of halogens is 1. The number of carbonyl (C=O) groups is 2. The van der Waals surface area contributed by atoms with Crippen LogP contribution in [0.5, 0.6) is 0 Å². The van der Waals surface area contributed by atoms with Gasteiger partial charge in [-0.15, -0.1) is 0 Å². The molecule has 0 N–H and O–H groups in total. The van der Waals surface area contributed by atoms with Crippen molar-refractivity contribution in [1.29, 1.82) is 0 Å². The summed E-state index contributed by atoms with van der Waals surface area (Å²) in [6.45, 7) is 0. The Balaban J connectivity index is 1.59. The molecule has 9 nitrogen and oxygen atoms in total. The Morgan fingerprint density at radius 2 is 1.72 bits per heavy atom. The SMILES string of the molecule is O=C1c2ccc(-c3nc4cc(Cl)ccc4c(=O)o3)cc2C(=O)N1c1cccc([N+](=O)[O-])c1. The molecule has 0 saturated heterocycles. The first-order valence-corrected chi connectivity index (χ1v) is 9.59. The predicted octanol–water partition coefficient (Wildman–Crippen LogP) is 4.22. The van der Waals surface area contributed by atoms with Gasteiger partial charge in [-0.3, -0.25) is 19.7 Å². The lowest BCUT2D eigenvalue weighted by Gasteiger charge is -2.13. The number of nitro groups is 1. The molecule has 1 aliphatic heterocycles. The van der Waals surface area contributed by atoms with Gasteiger partial charge in [-0.1, -0.05) is 17.7 Å². The molecule has 0 fully saturated rings. The number of benzene rings is 3. The monoisotopic (exact) mass is 447 g/mol. The summed E-state index contributed by atoms with van der Waals surface area (Å²) in [7, 11) is 0. The van der Waals surface area contributed by atoms with Gasteiger partial charge in [0.2, 0.25) is 5.89 Å². The smallest absolute Gasteiger partial charge is 0.347 e. The van der Waals surface area contributed by atoms with E-state index < -0.39 is 22.4 Å². The molecule has 4 aromatic rings. The second kappa shape index (κ2) is 7.10. The largest absolute Gasteiger partial charge is 0.403 e. The molecule has 0 spiro atoms. The predicted molar refractivity (Wildman–Crippen MR) is 115 cm³/mol. The standard InChI is InChI=1S/C22H10ClN3O6/c23-12-5-7-16-18(9-12)24-19(32-22(16)29)11-4-6-15-17(8-11)21(28)25(20(15)27)13-2-1-3-14(10-13)26(30)31/h1-10H. The highest BCUT2D eigenvalue weighted by molar-refractivity contribution is 6.34. The van der Waals surface area contributed by atoms with Crippen LogP contribution in [0.1, 0.15) is 20.7 Å². The summed E-state index contributed by atoms with van der Waals surface area (Å²) in [5.41, 5.74) is 0.0287. The van der Waals surface area contributed by atoms with Crippen molar-refractivity contribution in [2.75, 3.05) is 4.90 Å². The van der Waals surface area contributed by atoms with E-state index in [9.17, 15) is 24.5 Å². The van der Waals surface area contributed by atoms with Gasteiger partial charge in [0.15, 0.2) is 0 Å². The number of rotatable bonds is 3. The summed E-state index contributed by atoms with van der Waals surface area (Å²) in [5.74, 6) is -1.31. The van der Waals surface area contributed by atoms with E-state index in [0.29, 0.717) is 16.1 Å². The number of nitrogens with zero attached hydrogens (tertiary/aromatic N) is 3.